The summed E-state index contributed by atoms with van der Waals surface area (Å²) in [5, 5.41) is 11.8. The van der Waals surface area contributed by atoms with Crippen molar-refractivity contribution >= 4 is 0 Å². The van der Waals surface area contributed by atoms with Crippen molar-refractivity contribution in [3.8, 4) is 0 Å². The topological polar surface area (TPSA) is 42.7 Å². The van der Waals surface area contributed by atoms with E-state index in [0.717, 1.165) is 24.2 Å². The van der Waals surface area contributed by atoms with Crippen LogP contribution >= 0.6 is 0 Å². The first-order valence-corrected chi connectivity index (χ1v) is 5.30. The average molecular weight is 194 g/mol. The first-order valence-electron chi connectivity index (χ1n) is 5.30. The molecule has 1 N–H and O–H groups in total. The summed E-state index contributed by atoms with van der Waals surface area (Å²) in [6, 6.07) is 0.731. The molecule has 0 radical (unpaired) electrons. The second-order valence-corrected chi connectivity index (χ2v) is 4.34. The fourth-order valence-electron chi connectivity index (χ4n) is 1.56. The van der Waals surface area contributed by atoms with Crippen LogP contribution in [0, 0.1) is 0 Å². The standard InChI is InChI=1S/C10H18N4/c1-7(2)10-13-12-9(14(10)3)6-11-8-4-5-8/h7-8,11H,4-6H2,1-3H3. The highest BCUT2D eigenvalue weighted by Gasteiger charge is 2.21. The molecule has 78 valence electrons. The van der Waals surface area contributed by atoms with E-state index in [4.69, 9.17) is 0 Å². The van der Waals surface area contributed by atoms with E-state index in [2.05, 4.69) is 33.9 Å². The highest BCUT2D eigenvalue weighted by atomic mass is 15.3. The van der Waals surface area contributed by atoms with Crippen molar-refractivity contribution in [3.63, 3.8) is 0 Å². The molecular weight excluding hydrogens is 176 g/mol. The summed E-state index contributed by atoms with van der Waals surface area (Å²) in [5.41, 5.74) is 0. The maximum atomic E-state index is 4.19. The molecule has 0 atom stereocenters. The lowest BCUT2D eigenvalue weighted by Crippen LogP contribution is -2.18. The van der Waals surface area contributed by atoms with E-state index in [1.165, 1.54) is 12.8 Å². The lowest BCUT2D eigenvalue weighted by molar-refractivity contribution is 0.619. The second kappa shape index (κ2) is 3.69. The van der Waals surface area contributed by atoms with Crippen molar-refractivity contribution < 1.29 is 0 Å². The van der Waals surface area contributed by atoms with Gasteiger partial charge in [0.2, 0.25) is 0 Å². The molecule has 14 heavy (non-hydrogen) atoms. The Balaban J connectivity index is 2.01. The largest absolute Gasteiger partial charge is 0.317 e. The molecule has 1 aromatic rings. The highest BCUT2D eigenvalue weighted by molar-refractivity contribution is 4.99. The molecule has 1 saturated carbocycles. The minimum absolute atomic E-state index is 0.446. The molecular formula is C10H18N4. The fourth-order valence-corrected chi connectivity index (χ4v) is 1.56. The van der Waals surface area contributed by atoms with Crippen molar-refractivity contribution in [3.05, 3.63) is 11.6 Å². The van der Waals surface area contributed by atoms with Gasteiger partial charge in [0.15, 0.2) is 0 Å². The third-order valence-electron chi connectivity index (χ3n) is 2.64. The lowest BCUT2D eigenvalue weighted by Gasteiger charge is -2.06. The summed E-state index contributed by atoms with van der Waals surface area (Å²) < 4.78 is 2.10. The lowest BCUT2D eigenvalue weighted by atomic mass is 10.2. The van der Waals surface area contributed by atoms with Gasteiger partial charge in [-0.05, 0) is 12.8 Å². The fraction of sp³-hybridized carbons (Fsp3) is 0.800. The Morgan fingerprint density at radius 3 is 2.64 bits per heavy atom. The van der Waals surface area contributed by atoms with Gasteiger partial charge in [0.1, 0.15) is 11.6 Å². The van der Waals surface area contributed by atoms with Gasteiger partial charge in [-0.2, -0.15) is 0 Å². The van der Waals surface area contributed by atoms with Gasteiger partial charge >= 0.3 is 0 Å². The molecule has 1 heterocycles. The quantitative estimate of drug-likeness (QED) is 0.783. The molecule has 4 heteroatoms. The first kappa shape index (κ1) is 9.65. The molecule has 1 aliphatic carbocycles. The summed E-state index contributed by atoms with van der Waals surface area (Å²) in [7, 11) is 2.04. The van der Waals surface area contributed by atoms with Gasteiger partial charge in [-0.25, -0.2) is 0 Å². The van der Waals surface area contributed by atoms with Crippen LogP contribution in [-0.2, 0) is 13.6 Å². The van der Waals surface area contributed by atoms with E-state index in [9.17, 15) is 0 Å². The number of hydrogen-bond acceptors (Lipinski definition) is 3. The zero-order chi connectivity index (χ0) is 10.1. The third kappa shape index (κ3) is 1.95. The molecule has 0 saturated heterocycles. The first-order chi connectivity index (χ1) is 6.68. The van der Waals surface area contributed by atoms with E-state index in [1.807, 2.05) is 7.05 Å². The Kier molecular flexibility index (Phi) is 2.54. The average Bonchev–Trinajstić information content (AvgIpc) is 2.87. The van der Waals surface area contributed by atoms with Crippen LogP contribution < -0.4 is 5.32 Å². The Morgan fingerprint density at radius 1 is 1.43 bits per heavy atom. The van der Waals surface area contributed by atoms with Crippen LogP contribution in [-0.4, -0.2) is 20.8 Å². The maximum absolute atomic E-state index is 4.19. The van der Waals surface area contributed by atoms with Gasteiger partial charge in [0, 0.05) is 19.0 Å². The molecule has 4 nitrogen and oxygen atoms in total. The Bertz CT molecular complexity index is 312. The summed E-state index contributed by atoms with van der Waals surface area (Å²) in [5.74, 6) is 2.56. The van der Waals surface area contributed by atoms with Crippen LogP contribution in [0.2, 0.25) is 0 Å². The second-order valence-electron chi connectivity index (χ2n) is 4.34. The molecule has 1 fully saturated rings. The number of aromatic nitrogens is 3. The predicted octanol–water partition coefficient (Wildman–Crippen LogP) is 1.19. The summed E-state index contributed by atoms with van der Waals surface area (Å²) in [4.78, 5) is 0. The van der Waals surface area contributed by atoms with Crippen molar-refractivity contribution in [1.82, 2.24) is 20.1 Å². The van der Waals surface area contributed by atoms with Crippen LogP contribution in [0.15, 0.2) is 0 Å². The van der Waals surface area contributed by atoms with Crippen molar-refractivity contribution in [2.75, 3.05) is 0 Å². The van der Waals surface area contributed by atoms with E-state index >= 15 is 0 Å². The number of nitrogens with one attached hydrogen (secondary N) is 1. The van der Waals surface area contributed by atoms with Gasteiger partial charge in [-0.3, -0.25) is 0 Å². The van der Waals surface area contributed by atoms with Gasteiger partial charge in [0.25, 0.3) is 0 Å². The molecule has 1 aromatic heterocycles. The normalized spacial score (nSPS) is 16.6. The van der Waals surface area contributed by atoms with Crippen LogP contribution in [0.1, 0.15) is 44.3 Å². The zero-order valence-electron chi connectivity index (χ0n) is 9.12. The van der Waals surface area contributed by atoms with Crippen LogP contribution in [0.4, 0.5) is 0 Å². The molecule has 0 spiro atoms. The van der Waals surface area contributed by atoms with Crippen molar-refractivity contribution in [2.24, 2.45) is 7.05 Å². The molecule has 0 amide bonds. The van der Waals surface area contributed by atoms with Crippen LogP contribution in [0.5, 0.6) is 0 Å². The summed E-state index contributed by atoms with van der Waals surface area (Å²) in [6.07, 6.45) is 2.63. The van der Waals surface area contributed by atoms with E-state index in [-0.39, 0.29) is 0 Å². The molecule has 1 aliphatic rings. The Labute approximate surface area is 84.7 Å². The van der Waals surface area contributed by atoms with Crippen LogP contribution in [0.25, 0.3) is 0 Å². The highest BCUT2D eigenvalue weighted by Crippen LogP contribution is 2.19. The van der Waals surface area contributed by atoms with Gasteiger partial charge in [0.05, 0.1) is 6.54 Å². The Hall–Kier alpha value is -0.900. The monoisotopic (exact) mass is 194 g/mol. The smallest absolute Gasteiger partial charge is 0.146 e. The third-order valence-corrected chi connectivity index (χ3v) is 2.64. The maximum Gasteiger partial charge on any atom is 0.146 e. The number of rotatable bonds is 4. The van der Waals surface area contributed by atoms with Gasteiger partial charge < -0.3 is 9.88 Å². The Morgan fingerprint density at radius 2 is 2.14 bits per heavy atom. The molecule has 0 aromatic carbocycles. The van der Waals surface area contributed by atoms with E-state index in [0.29, 0.717) is 5.92 Å². The van der Waals surface area contributed by atoms with Crippen molar-refractivity contribution in [1.29, 1.82) is 0 Å². The SMILES string of the molecule is CC(C)c1nnc(CNC2CC2)n1C. The minimum atomic E-state index is 0.446. The summed E-state index contributed by atoms with van der Waals surface area (Å²) >= 11 is 0. The van der Waals surface area contributed by atoms with Crippen molar-refractivity contribution in [2.45, 2.75) is 45.2 Å². The molecule has 0 aliphatic heterocycles. The number of hydrogen-bond donors (Lipinski definition) is 1. The van der Waals surface area contributed by atoms with Gasteiger partial charge in [-0.15, -0.1) is 10.2 Å². The van der Waals surface area contributed by atoms with Crippen LogP contribution in [0.3, 0.4) is 0 Å². The number of nitrogens with zero attached hydrogens (tertiary/aromatic N) is 3. The summed E-state index contributed by atoms with van der Waals surface area (Å²) in [6.45, 7) is 5.13. The predicted molar refractivity (Wildman–Crippen MR) is 55.0 cm³/mol. The van der Waals surface area contributed by atoms with E-state index < -0.39 is 0 Å². The molecule has 2 rings (SSSR count). The zero-order valence-corrected chi connectivity index (χ0v) is 9.12. The van der Waals surface area contributed by atoms with Gasteiger partial charge in [-0.1, -0.05) is 13.8 Å². The molecule has 0 unspecified atom stereocenters. The minimum Gasteiger partial charge on any atom is -0.317 e. The molecule has 0 bridgehead atoms. The van der Waals surface area contributed by atoms with E-state index in [1.54, 1.807) is 0 Å².